The van der Waals surface area contributed by atoms with Crippen molar-refractivity contribution in [2.45, 2.75) is 45.7 Å². The standard InChI is InChI=1S/C8H19ClOSi/c1-4-6-8-11(3,9)10-7-5-2/h4-8H2,1-3H3. The van der Waals surface area contributed by atoms with Crippen LogP contribution in [0.4, 0.5) is 0 Å². The maximum absolute atomic E-state index is 6.21. The Kier molecular flexibility index (Phi) is 6.29. The molecular formula is C8H19ClOSi. The molecule has 0 aliphatic rings. The minimum Gasteiger partial charge on any atom is -0.403 e. The number of rotatable bonds is 6. The summed E-state index contributed by atoms with van der Waals surface area (Å²) in [6, 6.07) is 1.09. The predicted molar refractivity (Wildman–Crippen MR) is 53.4 cm³/mol. The summed E-state index contributed by atoms with van der Waals surface area (Å²) in [5.41, 5.74) is 0. The maximum Gasteiger partial charge on any atom is 0.286 e. The van der Waals surface area contributed by atoms with Crippen molar-refractivity contribution in [1.82, 2.24) is 0 Å². The van der Waals surface area contributed by atoms with Gasteiger partial charge in [-0.25, -0.2) is 0 Å². The molecule has 0 aromatic rings. The zero-order chi connectivity index (χ0) is 8.74. The fourth-order valence-corrected chi connectivity index (χ4v) is 3.27. The lowest BCUT2D eigenvalue weighted by molar-refractivity contribution is 0.314. The molecule has 0 heterocycles. The Labute approximate surface area is 75.9 Å². The van der Waals surface area contributed by atoms with Crippen LogP contribution in [0.1, 0.15) is 33.1 Å². The zero-order valence-corrected chi connectivity index (χ0v) is 9.58. The first-order chi connectivity index (χ1) is 5.12. The Morgan fingerprint density at radius 1 is 1.27 bits per heavy atom. The smallest absolute Gasteiger partial charge is 0.286 e. The van der Waals surface area contributed by atoms with Gasteiger partial charge in [-0.2, -0.15) is 0 Å². The highest BCUT2D eigenvalue weighted by Gasteiger charge is 2.24. The van der Waals surface area contributed by atoms with Crippen molar-refractivity contribution in [3.63, 3.8) is 0 Å². The molecule has 0 aliphatic heterocycles. The van der Waals surface area contributed by atoms with Gasteiger partial charge >= 0.3 is 0 Å². The third-order valence-electron chi connectivity index (χ3n) is 1.58. The SMILES string of the molecule is CCCC[Si](C)(Cl)OCCC. The highest BCUT2D eigenvalue weighted by molar-refractivity contribution is 7.16. The van der Waals surface area contributed by atoms with E-state index in [0.29, 0.717) is 0 Å². The lowest BCUT2D eigenvalue weighted by Crippen LogP contribution is -2.27. The highest BCUT2D eigenvalue weighted by atomic mass is 35.6. The second kappa shape index (κ2) is 6.04. The summed E-state index contributed by atoms with van der Waals surface area (Å²) in [4.78, 5) is 0. The van der Waals surface area contributed by atoms with E-state index in [2.05, 4.69) is 20.4 Å². The van der Waals surface area contributed by atoms with Gasteiger partial charge in [-0.05, 0) is 19.0 Å². The van der Waals surface area contributed by atoms with Crippen LogP contribution in [0.25, 0.3) is 0 Å². The van der Waals surface area contributed by atoms with E-state index in [4.69, 9.17) is 15.5 Å². The van der Waals surface area contributed by atoms with Gasteiger partial charge < -0.3 is 4.43 Å². The normalized spacial score (nSPS) is 16.4. The number of unbranched alkanes of at least 4 members (excludes halogenated alkanes) is 1. The van der Waals surface area contributed by atoms with Crippen LogP contribution in [0.5, 0.6) is 0 Å². The highest BCUT2D eigenvalue weighted by Crippen LogP contribution is 2.19. The quantitative estimate of drug-likeness (QED) is 0.465. The van der Waals surface area contributed by atoms with E-state index in [0.717, 1.165) is 19.1 Å². The van der Waals surface area contributed by atoms with Crippen molar-refractivity contribution in [3.05, 3.63) is 0 Å². The molecule has 1 nitrogen and oxygen atoms in total. The second-order valence-electron chi connectivity index (χ2n) is 3.05. The van der Waals surface area contributed by atoms with Crippen LogP contribution in [-0.4, -0.2) is 14.2 Å². The molecule has 0 aromatic carbocycles. The monoisotopic (exact) mass is 194 g/mol. The van der Waals surface area contributed by atoms with Gasteiger partial charge in [0.05, 0.1) is 0 Å². The first kappa shape index (κ1) is 11.5. The van der Waals surface area contributed by atoms with Crippen molar-refractivity contribution in [3.8, 4) is 0 Å². The van der Waals surface area contributed by atoms with Crippen molar-refractivity contribution in [2.75, 3.05) is 6.61 Å². The van der Waals surface area contributed by atoms with E-state index in [1.165, 1.54) is 12.8 Å². The van der Waals surface area contributed by atoms with E-state index < -0.39 is 7.63 Å². The first-order valence-corrected chi connectivity index (χ1v) is 8.08. The Hall–Kier alpha value is 0.467. The van der Waals surface area contributed by atoms with Crippen LogP contribution in [0, 0.1) is 0 Å². The summed E-state index contributed by atoms with van der Waals surface area (Å²) < 4.78 is 5.59. The molecular weight excluding hydrogens is 176 g/mol. The minimum atomic E-state index is -1.77. The molecule has 0 saturated carbocycles. The number of halogens is 1. The predicted octanol–water partition coefficient (Wildman–Crippen LogP) is 3.52. The first-order valence-electron chi connectivity index (χ1n) is 4.45. The van der Waals surface area contributed by atoms with Crippen LogP contribution in [0.3, 0.4) is 0 Å². The topological polar surface area (TPSA) is 9.23 Å². The molecule has 0 spiro atoms. The van der Waals surface area contributed by atoms with Gasteiger partial charge in [0.15, 0.2) is 0 Å². The third kappa shape index (κ3) is 6.85. The number of hydrogen-bond donors (Lipinski definition) is 0. The molecule has 3 heteroatoms. The molecule has 1 unspecified atom stereocenters. The van der Waals surface area contributed by atoms with Gasteiger partial charge in [-0.15, -0.1) is 11.1 Å². The average molecular weight is 195 g/mol. The van der Waals surface area contributed by atoms with Gasteiger partial charge in [-0.3, -0.25) is 0 Å². The van der Waals surface area contributed by atoms with E-state index in [1.54, 1.807) is 0 Å². The minimum absolute atomic E-state index is 0.829. The van der Waals surface area contributed by atoms with Crippen LogP contribution in [0.2, 0.25) is 12.6 Å². The molecule has 11 heavy (non-hydrogen) atoms. The van der Waals surface area contributed by atoms with Gasteiger partial charge in [-0.1, -0.05) is 26.7 Å². The molecule has 0 rings (SSSR count). The average Bonchev–Trinajstić information content (AvgIpc) is 1.97. The molecule has 1 atom stereocenters. The lowest BCUT2D eigenvalue weighted by Gasteiger charge is -2.18. The summed E-state index contributed by atoms with van der Waals surface area (Å²) in [5.74, 6) is 0. The summed E-state index contributed by atoms with van der Waals surface area (Å²) >= 11 is 6.21. The van der Waals surface area contributed by atoms with Crippen molar-refractivity contribution >= 4 is 18.7 Å². The van der Waals surface area contributed by atoms with Gasteiger partial charge in [0, 0.05) is 6.61 Å². The molecule has 0 saturated heterocycles. The second-order valence-corrected chi connectivity index (χ2v) is 8.44. The van der Waals surface area contributed by atoms with E-state index in [-0.39, 0.29) is 0 Å². The summed E-state index contributed by atoms with van der Waals surface area (Å²) in [6.45, 7) is 7.21. The molecule has 0 aromatic heterocycles. The molecule has 0 aliphatic carbocycles. The van der Waals surface area contributed by atoms with Crippen LogP contribution in [-0.2, 0) is 4.43 Å². The molecule has 0 bridgehead atoms. The largest absolute Gasteiger partial charge is 0.403 e. The van der Waals surface area contributed by atoms with Gasteiger partial charge in [0.2, 0.25) is 0 Å². The van der Waals surface area contributed by atoms with Crippen molar-refractivity contribution in [1.29, 1.82) is 0 Å². The molecule has 0 amide bonds. The van der Waals surface area contributed by atoms with Crippen LogP contribution >= 0.6 is 11.1 Å². The van der Waals surface area contributed by atoms with Gasteiger partial charge in [0.25, 0.3) is 7.63 Å². The summed E-state index contributed by atoms with van der Waals surface area (Å²) in [5, 5.41) is 0. The summed E-state index contributed by atoms with van der Waals surface area (Å²) in [6.07, 6.45) is 3.49. The van der Waals surface area contributed by atoms with E-state index >= 15 is 0 Å². The van der Waals surface area contributed by atoms with Crippen molar-refractivity contribution in [2.24, 2.45) is 0 Å². The van der Waals surface area contributed by atoms with Crippen LogP contribution in [0.15, 0.2) is 0 Å². The fourth-order valence-electron chi connectivity index (χ4n) is 0.880. The molecule has 0 fully saturated rings. The zero-order valence-electron chi connectivity index (χ0n) is 7.82. The van der Waals surface area contributed by atoms with Crippen molar-refractivity contribution < 1.29 is 4.43 Å². The fraction of sp³-hybridized carbons (Fsp3) is 1.00. The molecule has 0 radical (unpaired) electrons. The lowest BCUT2D eigenvalue weighted by atomic mass is 10.4. The van der Waals surface area contributed by atoms with Crippen LogP contribution < -0.4 is 0 Å². The van der Waals surface area contributed by atoms with E-state index in [9.17, 15) is 0 Å². The number of hydrogen-bond acceptors (Lipinski definition) is 1. The van der Waals surface area contributed by atoms with E-state index in [1.807, 2.05) is 0 Å². The Morgan fingerprint density at radius 3 is 2.36 bits per heavy atom. The Balaban J connectivity index is 3.43. The van der Waals surface area contributed by atoms with Gasteiger partial charge in [0.1, 0.15) is 0 Å². The third-order valence-corrected chi connectivity index (χ3v) is 4.53. The maximum atomic E-state index is 6.21. The summed E-state index contributed by atoms with van der Waals surface area (Å²) in [7, 11) is -1.77. The Morgan fingerprint density at radius 2 is 1.91 bits per heavy atom. The molecule has 68 valence electrons. The molecule has 0 N–H and O–H groups in total. The Bertz CT molecular complexity index is 86.1.